The van der Waals surface area contributed by atoms with E-state index in [2.05, 4.69) is 10.6 Å². The van der Waals surface area contributed by atoms with Crippen LogP contribution in [-0.2, 0) is 84.6 Å². The second-order valence-corrected chi connectivity index (χ2v) is 20.6. The van der Waals surface area contributed by atoms with Crippen molar-refractivity contribution in [2.24, 2.45) is 0 Å². The molecular weight excluding hydrogens is 951 g/mol. The molecule has 394 valence electrons. The summed E-state index contributed by atoms with van der Waals surface area (Å²) in [6, 6.07) is 0. The summed E-state index contributed by atoms with van der Waals surface area (Å²) in [4.78, 5) is 23.6. The predicted octanol–water partition coefficient (Wildman–Crippen LogP) is 3.44. The molecule has 0 saturated carbocycles. The Hall–Kier alpha value is -0.500. The van der Waals surface area contributed by atoms with E-state index in [-0.39, 0.29) is 38.1 Å². The number of carbonyl (C=O) groups excluding carboxylic acids is 2. The van der Waals surface area contributed by atoms with Crippen molar-refractivity contribution >= 4 is 48.8 Å². The molecule has 0 saturated heterocycles. The number of unbranched alkanes of at least 4 members (excludes halogenated alkanes) is 1. The van der Waals surface area contributed by atoms with Crippen LogP contribution in [0.5, 0.6) is 0 Å². The van der Waals surface area contributed by atoms with Crippen LogP contribution in [0.15, 0.2) is 0 Å². The lowest BCUT2D eigenvalue weighted by Crippen LogP contribution is -2.26. The summed E-state index contributed by atoms with van der Waals surface area (Å²) < 4.78 is 99.6. The van der Waals surface area contributed by atoms with Crippen molar-refractivity contribution in [3.8, 4) is 0 Å². The molecular formula is C41H84N2O19P2S2. The molecule has 21 nitrogen and oxygen atoms in total. The van der Waals surface area contributed by atoms with Gasteiger partial charge in [-0.25, -0.2) is 0 Å². The normalized spacial score (nSPS) is 13.0. The Kier molecular flexibility index (Phi) is 55.0. The van der Waals surface area contributed by atoms with Crippen LogP contribution >= 0.6 is 37.0 Å². The number of amides is 2. The molecule has 0 aliphatic carbocycles. The van der Waals surface area contributed by atoms with Crippen LogP contribution < -0.4 is 10.6 Å². The van der Waals surface area contributed by atoms with Gasteiger partial charge in [-0.05, 0) is 31.9 Å². The summed E-state index contributed by atoms with van der Waals surface area (Å²) in [5.74, 6) is 0.764. The standard InChI is InChI=1S/C41H84N2O19P2S2/c1-3-6-39(44)7-15-62-64(48)63(47)61-12-5-4-10-42-40(45)8-13-49-16-18-51-20-22-53-24-26-55-28-30-57-32-34-59-36-37-60-35-33-58-31-29-56-27-25-54-23-21-52-19-17-50-14-9-41(46)43-11-38-66-65-2/h39,44,63-64H,3-38H2,1-2H3,(H,42,45)(H,43,46). The molecule has 2 amide bonds. The number of ether oxygens (including phenoxy) is 12. The third kappa shape index (κ3) is 52.9. The van der Waals surface area contributed by atoms with E-state index in [9.17, 15) is 23.8 Å². The minimum atomic E-state index is -2.78. The number of aliphatic hydroxyl groups excluding tert-OH is 1. The smallest absolute Gasteiger partial charge is 0.270 e. The van der Waals surface area contributed by atoms with E-state index in [1.807, 2.05) is 13.2 Å². The van der Waals surface area contributed by atoms with E-state index in [1.165, 1.54) is 0 Å². The van der Waals surface area contributed by atoms with Crippen LogP contribution in [0, 0.1) is 0 Å². The topological polar surface area (TPSA) is 242 Å². The zero-order valence-corrected chi connectivity index (χ0v) is 43.3. The molecule has 0 radical (unpaired) electrons. The Morgan fingerprint density at radius 1 is 0.455 bits per heavy atom. The van der Waals surface area contributed by atoms with Crippen LogP contribution in [0.2, 0.25) is 0 Å². The average molecular weight is 1040 g/mol. The van der Waals surface area contributed by atoms with Gasteiger partial charge in [-0.1, -0.05) is 34.9 Å². The summed E-state index contributed by atoms with van der Waals surface area (Å²) >= 11 is 0. The lowest BCUT2D eigenvalue weighted by atomic mass is 10.2. The highest BCUT2D eigenvalue weighted by molar-refractivity contribution is 8.76. The predicted molar refractivity (Wildman–Crippen MR) is 256 cm³/mol. The van der Waals surface area contributed by atoms with Gasteiger partial charge >= 0.3 is 0 Å². The minimum Gasteiger partial charge on any atom is -0.393 e. The molecule has 0 aliphatic heterocycles. The Balaban J connectivity index is 3.22. The Morgan fingerprint density at radius 2 is 0.773 bits per heavy atom. The van der Waals surface area contributed by atoms with Gasteiger partial charge in [-0.2, -0.15) is 0 Å². The molecule has 3 unspecified atom stereocenters. The van der Waals surface area contributed by atoms with Gasteiger partial charge in [-0.3, -0.25) is 18.7 Å². The first-order valence-corrected chi connectivity index (χ1v) is 29.4. The molecule has 3 N–H and O–H groups in total. The molecule has 66 heavy (non-hydrogen) atoms. The quantitative estimate of drug-likeness (QED) is 0.0449. The SMILES string of the molecule is CCCC(O)CCO[PH](=O)[PH](=O)OCCCCNC(=O)CCOCCOCCOCCOCCOCCOCCOCCOCCOCCOCCOCCOCCC(=O)NCCSSC. The van der Waals surface area contributed by atoms with Gasteiger partial charge < -0.3 is 81.6 Å². The van der Waals surface area contributed by atoms with Crippen molar-refractivity contribution in [1.82, 2.24) is 10.6 Å². The van der Waals surface area contributed by atoms with Gasteiger partial charge in [0.2, 0.25) is 11.8 Å². The van der Waals surface area contributed by atoms with E-state index in [1.54, 1.807) is 21.6 Å². The summed E-state index contributed by atoms with van der Waals surface area (Å²) in [6.45, 7) is 14.0. The first-order valence-electron chi connectivity index (χ1n) is 23.0. The second kappa shape index (κ2) is 55.4. The molecule has 25 heteroatoms. The van der Waals surface area contributed by atoms with Crippen molar-refractivity contribution < 1.29 is 89.7 Å². The Morgan fingerprint density at radius 3 is 1.11 bits per heavy atom. The summed E-state index contributed by atoms with van der Waals surface area (Å²) in [7, 11) is -2.16. The van der Waals surface area contributed by atoms with Crippen LogP contribution in [0.3, 0.4) is 0 Å². The average Bonchev–Trinajstić information content (AvgIpc) is 3.31. The first-order chi connectivity index (χ1) is 32.4. The highest BCUT2D eigenvalue weighted by Crippen LogP contribution is 2.52. The third-order valence-electron chi connectivity index (χ3n) is 8.26. The largest absolute Gasteiger partial charge is 0.393 e. The molecule has 0 heterocycles. The molecule has 0 fully saturated rings. The van der Waals surface area contributed by atoms with Gasteiger partial charge in [0.15, 0.2) is 0 Å². The van der Waals surface area contributed by atoms with E-state index in [0.29, 0.717) is 197 Å². The van der Waals surface area contributed by atoms with E-state index >= 15 is 0 Å². The molecule has 0 aromatic heterocycles. The van der Waals surface area contributed by atoms with Crippen molar-refractivity contribution in [2.75, 3.05) is 197 Å². The number of aliphatic hydroxyl groups is 1. The lowest BCUT2D eigenvalue weighted by Gasteiger charge is -2.10. The van der Waals surface area contributed by atoms with Crippen LogP contribution in [0.1, 0.15) is 51.9 Å². The molecule has 3 atom stereocenters. The number of hydrogen-bond acceptors (Lipinski definition) is 21. The van der Waals surface area contributed by atoms with E-state index in [4.69, 9.17) is 65.9 Å². The van der Waals surface area contributed by atoms with Crippen LogP contribution in [-0.4, -0.2) is 220 Å². The lowest BCUT2D eigenvalue weighted by molar-refractivity contribution is -0.123. The fraction of sp³-hybridized carbons (Fsp3) is 0.951. The van der Waals surface area contributed by atoms with Gasteiger partial charge in [0.25, 0.3) is 15.4 Å². The van der Waals surface area contributed by atoms with E-state index in [0.717, 1.165) is 12.2 Å². The van der Waals surface area contributed by atoms with Crippen molar-refractivity contribution in [2.45, 2.75) is 58.0 Å². The van der Waals surface area contributed by atoms with Crippen LogP contribution in [0.4, 0.5) is 0 Å². The summed E-state index contributed by atoms with van der Waals surface area (Å²) in [5.41, 5.74) is 0. The number of carbonyl (C=O) groups is 2. The molecule has 0 rings (SSSR count). The Labute approximate surface area is 402 Å². The maximum absolute atomic E-state index is 11.9. The van der Waals surface area contributed by atoms with Gasteiger partial charge in [-0.15, -0.1) is 0 Å². The van der Waals surface area contributed by atoms with Gasteiger partial charge in [0.1, 0.15) is 0 Å². The minimum absolute atomic E-state index is 0.00284. The third-order valence-corrected chi connectivity index (χ3v) is 13.2. The second-order valence-electron chi connectivity index (χ2n) is 13.7. The van der Waals surface area contributed by atoms with Crippen molar-refractivity contribution in [1.29, 1.82) is 0 Å². The van der Waals surface area contributed by atoms with Gasteiger partial charge in [0, 0.05) is 31.7 Å². The molecule has 0 aliphatic rings. The maximum Gasteiger partial charge on any atom is 0.270 e. The Bertz CT molecular complexity index is 1100. The molecule has 0 spiro atoms. The monoisotopic (exact) mass is 1030 g/mol. The van der Waals surface area contributed by atoms with Crippen molar-refractivity contribution in [3.05, 3.63) is 0 Å². The summed E-state index contributed by atoms with van der Waals surface area (Å²) in [6.07, 6.45) is 5.09. The molecule has 0 bridgehead atoms. The number of rotatable bonds is 56. The molecule has 0 aromatic rings. The number of hydrogen-bond donors (Lipinski definition) is 3. The highest BCUT2D eigenvalue weighted by Gasteiger charge is 2.12. The van der Waals surface area contributed by atoms with Gasteiger partial charge in [0.05, 0.1) is 178 Å². The summed E-state index contributed by atoms with van der Waals surface area (Å²) in [5, 5.41) is 15.3. The van der Waals surface area contributed by atoms with Crippen molar-refractivity contribution in [3.63, 3.8) is 0 Å². The fourth-order valence-electron chi connectivity index (χ4n) is 4.85. The van der Waals surface area contributed by atoms with E-state index < -0.39 is 21.5 Å². The first kappa shape index (κ1) is 65.5. The number of nitrogens with one attached hydrogen (secondary N) is 2. The zero-order chi connectivity index (χ0) is 48.1. The molecule has 0 aromatic carbocycles. The highest BCUT2D eigenvalue weighted by atomic mass is 33.1. The zero-order valence-electron chi connectivity index (χ0n) is 39.6. The fourth-order valence-corrected chi connectivity index (χ4v) is 8.14. The maximum atomic E-state index is 11.9. The van der Waals surface area contributed by atoms with Crippen LogP contribution in [0.25, 0.3) is 0 Å².